The summed E-state index contributed by atoms with van der Waals surface area (Å²) in [4.78, 5) is 17.0. The van der Waals surface area contributed by atoms with Gasteiger partial charge in [0, 0.05) is 32.7 Å². The molecule has 0 spiro atoms. The Morgan fingerprint density at radius 3 is 2.48 bits per heavy atom. The zero-order valence-corrected chi connectivity index (χ0v) is 17.0. The van der Waals surface area contributed by atoms with Crippen molar-refractivity contribution in [2.45, 2.75) is 19.6 Å². The molecule has 154 valence electrons. The van der Waals surface area contributed by atoms with E-state index in [4.69, 9.17) is 9.47 Å². The highest BCUT2D eigenvalue weighted by atomic mass is 16.6. The summed E-state index contributed by atoms with van der Waals surface area (Å²) >= 11 is 0. The molecule has 2 heterocycles. The number of benzene rings is 2. The number of ether oxygens (including phenoxy) is 2. The van der Waals surface area contributed by atoms with Crippen LogP contribution in [0.5, 0.6) is 11.5 Å². The number of rotatable bonds is 6. The molecule has 2 aliphatic rings. The van der Waals surface area contributed by atoms with Gasteiger partial charge in [0.05, 0.1) is 13.1 Å². The van der Waals surface area contributed by atoms with Crippen LogP contribution in [0.2, 0.25) is 0 Å². The lowest BCUT2D eigenvalue weighted by Gasteiger charge is -2.34. The first-order chi connectivity index (χ1) is 14.2. The molecule has 4 rings (SSSR count). The molecule has 29 heavy (non-hydrogen) atoms. The lowest BCUT2D eigenvalue weighted by atomic mass is 10.1. The van der Waals surface area contributed by atoms with Crippen molar-refractivity contribution >= 4 is 5.91 Å². The van der Waals surface area contributed by atoms with Gasteiger partial charge < -0.3 is 14.8 Å². The summed E-state index contributed by atoms with van der Waals surface area (Å²) in [6.45, 7) is 8.28. The Labute approximate surface area is 172 Å². The average Bonchev–Trinajstić information content (AvgIpc) is 2.75. The van der Waals surface area contributed by atoms with Gasteiger partial charge in [0.2, 0.25) is 5.91 Å². The van der Waals surface area contributed by atoms with Crippen molar-refractivity contribution in [3.8, 4) is 11.5 Å². The molecule has 0 bridgehead atoms. The van der Waals surface area contributed by atoms with Crippen molar-refractivity contribution in [1.82, 2.24) is 15.1 Å². The van der Waals surface area contributed by atoms with Gasteiger partial charge in [-0.2, -0.15) is 0 Å². The lowest BCUT2D eigenvalue weighted by Crippen LogP contribution is -2.50. The Balaban J connectivity index is 1.16. The van der Waals surface area contributed by atoms with E-state index in [2.05, 4.69) is 46.3 Å². The molecule has 2 aromatic rings. The number of piperazine rings is 1. The summed E-state index contributed by atoms with van der Waals surface area (Å²) in [5.41, 5.74) is 2.72. The van der Waals surface area contributed by atoms with Crippen LogP contribution in [0, 0.1) is 6.92 Å². The molecular weight excluding hydrogens is 366 g/mol. The minimum Gasteiger partial charge on any atom is -0.486 e. The minimum absolute atomic E-state index is 0.0415. The molecule has 2 aliphatic heterocycles. The van der Waals surface area contributed by atoms with Gasteiger partial charge in [-0.05, 0) is 30.2 Å². The molecule has 1 atom stereocenters. The molecule has 1 fully saturated rings. The quantitative estimate of drug-likeness (QED) is 0.812. The second-order valence-corrected chi connectivity index (χ2v) is 7.78. The van der Waals surface area contributed by atoms with Gasteiger partial charge in [0.15, 0.2) is 11.5 Å². The third-order valence-electron chi connectivity index (χ3n) is 5.58. The molecule has 6 heteroatoms. The van der Waals surface area contributed by atoms with Crippen molar-refractivity contribution < 1.29 is 14.3 Å². The van der Waals surface area contributed by atoms with Crippen LogP contribution in [0.3, 0.4) is 0 Å². The van der Waals surface area contributed by atoms with E-state index in [-0.39, 0.29) is 12.0 Å². The maximum atomic E-state index is 12.4. The highest BCUT2D eigenvalue weighted by molar-refractivity contribution is 5.78. The summed E-state index contributed by atoms with van der Waals surface area (Å²) in [7, 11) is 0. The summed E-state index contributed by atoms with van der Waals surface area (Å²) in [5, 5.41) is 2.99. The van der Waals surface area contributed by atoms with Crippen LogP contribution in [0.25, 0.3) is 0 Å². The smallest absolute Gasteiger partial charge is 0.234 e. The number of aryl methyl sites for hydroxylation is 1. The Hall–Kier alpha value is -2.57. The molecule has 2 aromatic carbocycles. The largest absolute Gasteiger partial charge is 0.486 e. The van der Waals surface area contributed by atoms with Crippen LogP contribution in [0.15, 0.2) is 48.5 Å². The van der Waals surface area contributed by atoms with Gasteiger partial charge >= 0.3 is 0 Å². The number of nitrogens with one attached hydrogen (secondary N) is 1. The van der Waals surface area contributed by atoms with Crippen LogP contribution in [-0.4, -0.2) is 67.7 Å². The number of carbonyl (C=O) groups excluding carboxylic acids is 1. The fourth-order valence-electron chi connectivity index (χ4n) is 3.78. The number of hydrogen-bond donors (Lipinski definition) is 1. The van der Waals surface area contributed by atoms with Crippen molar-refractivity contribution in [3.05, 3.63) is 59.7 Å². The first kappa shape index (κ1) is 19.7. The molecule has 1 saturated heterocycles. The molecule has 0 aromatic heterocycles. The number of amides is 1. The molecule has 1 amide bonds. The first-order valence-electron chi connectivity index (χ1n) is 10.3. The van der Waals surface area contributed by atoms with Crippen LogP contribution >= 0.6 is 0 Å². The molecule has 0 saturated carbocycles. The fourth-order valence-corrected chi connectivity index (χ4v) is 3.78. The highest BCUT2D eigenvalue weighted by Gasteiger charge is 2.23. The van der Waals surface area contributed by atoms with E-state index in [0.717, 1.165) is 44.2 Å². The number of hydrogen-bond acceptors (Lipinski definition) is 5. The Bertz CT molecular complexity index is 834. The molecule has 0 radical (unpaired) electrons. The fraction of sp³-hybridized carbons (Fsp3) is 0.435. The second-order valence-electron chi connectivity index (χ2n) is 7.78. The Kier molecular flexibility index (Phi) is 6.32. The van der Waals surface area contributed by atoms with Gasteiger partial charge in [-0.15, -0.1) is 0 Å². The third kappa shape index (κ3) is 5.28. The normalized spacial score (nSPS) is 19.7. The Morgan fingerprint density at radius 2 is 1.69 bits per heavy atom. The maximum Gasteiger partial charge on any atom is 0.234 e. The minimum atomic E-state index is -0.153. The van der Waals surface area contributed by atoms with Crippen LogP contribution < -0.4 is 14.8 Å². The predicted octanol–water partition coefficient (Wildman–Crippen LogP) is 2.07. The van der Waals surface area contributed by atoms with Crippen molar-refractivity contribution in [2.75, 3.05) is 45.9 Å². The number of fused-ring (bicyclic) bond motifs is 1. The third-order valence-corrected chi connectivity index (χ3v) is 5.58. The van der Waals surface area contributed by atoms with E-state index in [9.17, 15) is 4.79 Å². The number of para-hydroxylation sites is 2. The van der Waals surface area contributed by atoms with Gasteiger partial charge in [0.1, 0.15) is 12.7 Å². The van der Waals surface area contributed by atoms with Crippen LogP contribution in [-0.2, 0) is 11.3 Å². The van der Waals surface area contributed by atoms with E-state index >= 15 is 0 Å². The molecule has 0 unspecified atom stereocenters. The van der Waals surface area contributed by atoms with Gasteiger partial charge in [-0.3, -0.25) is 14.6 Å². The van der Waals surface area contributed by atoms with Crippen molar-refractivity contribution in [2.24, 2.45) is 0 Å². The Morgan fingerprint density at radius 1 is 1.00 bits per heavy atom. The van der Waals surface area contributed by atoms with E-state index in [1.165, 1.54) is 11.1 Å². The van der Waals surface area contributed by atoms with Gasteiger partial charge in [0.25, 0.3) is 0 Å². The van der Waals surface area contributed by atoms with E-state index in [1.54, 1.807) is 0 Å². The van der Waals surface area contributed by atoms with Crippen LogP contribution in [0.4, 0.5) is 0 Å². The maximum absolute atomic E-state index is 12.4. The topological polar surface area (TPSA) is 54.0 Å². The van der Waals surface area contributed by atoms with E-state index in [1.807, 2.05) is 24.3 Å². The molecular formula is C23H29N3O3. The number of carbonyl (C=O) groups is 1. The molecule has 0 aliphatic carbocycles. The summed E-state index contributed by atoms with van der Waals surface area (Å²) in [6, 6.07) is 16.2. The number of nitrogens with zero attached hydrogens (tertiary/aromatic N) is 2. The lowest BCUT2D eigenvalue weighted by molar-refractivity contribution is -0.123. The van der Waals surface area contributed by atoms with Gasteiger partial charge in [-0.1, -0.05) is 36.4 Å². The monoisotopic (exact) mass is 395 g/mol. The zero-order chi connectivity index (χ0) is 20.1. The second kappa shape index (κ2) is 9.29. The molecule has 1 N–H and O–H groups in total. The summed E-state index contributed by atoms with van der Waals surface area (Å²) in [6.07, 6.45) is -0.153. The van der Waals surface area contributed by atoms with E-state index in [0.29, 0.717) is 19.7 Å². The first-order valence-corrected chi connectivity index (χ1v) is 10.3. The molecule has 6 nitrogen and oxygen atoms in total. The van der Waals surface area contributed by atoms with Crippen LogP contribution in [0.1, 0.15) is 11.1 Å². The summed E-state index contributed by atoms with van der Waals surface area (Å²) < 4.78 is 11.6. The highest BCUT2D eigenvalue weighted by Crippen LogP contribution is 2.30. The predicted molar refractivity (Wildman–Crippen MR) is 112 cm³/mol. The SMILES string of the molecule is Cc1ccccc1CN1CCN(CC(=O)NC[C@H]2COc3ccccc3O2)CC1. The van der Waals surface area contributed by atoms with Gasteiger partial charge in [-0.25, -0.2) is 0 Å². The summed E-state index contributed by atoms with van der Waals surface area (Å²) in [5.74, 6) is 1.54. The van der Waals surface area contributed by atoms with E-state index < -0.39 is 0 Å². The average molecular weight is 396 g/mol. The van der Waals surface area contributed by atoms with Crippen molar-refractivity contribution in [1.29, 1.82) is 0 Å². The zero-order valence-electron chi connectivity index (χ0n) is 17.0. The van der Waals surface area contributed by atoms with Crippen molar-refractivity contribution in [3.63, 3.8) is 0 Å². The standard InChI is InChI=1S/C23H29N3O3/c1-18-6-2-3-7-19(18)15-25-10-12-26(13-11-25)16-23(27)24-14-20-17-28-21-8-4-5-9-22(21)29-20/h2-9,20H,10-17H2,1H3,(H,24,27)/t20-/m0/s1.